The van der Waals surface area contributed by atoms with Crippen LogP contribution in [0.5, 0.6) is 0 Å². The molecule has 2 aromatic carbocycles. The smallest absolute Gasteiger partial charge is 0.316 e. The van der Waals surface area contributed by atoms with Crippen LogP contribution in [0.3, 0.4) is 0 Å². The van der Waals surface area contributed by atoms with E-state index >= 15 is 0 Å². The predicted octanol–water partition coefficient (Wildman–Crippen LogP) is 2.39. The third-order valence-corrected chi connectivity index (χ3v) is 3.73. The molecule has 0 bridgehead atoms. The molecule has 0 saturated carbocycles. The summed E-state index contributed by atoms with van der Waals surface area (Å²) in [5, 5.41) is 14.4. The summed E-state index contributed by atoms with van der Waals surface area (Å²) in [5.41, 5.74) is 1.95. The average molecular weight is 364 g/mol. The second-order valence-corrected chi connectivity index (χ2v) is 5.62. The summed E-state index contributed by atoms with van der Waals surface area (Å²) in [5.74, 6) is -0.908. The van der Waals surface area contributed by atoms with Gasteiger partial charge in [0.15, 0.2) is 5.69 Å². The zero-order valence-corrected chi connectivity index (χ0v) is 13.9. The van der Waals surface area contributed by atoms with E-state index in [1.54, 1.807) is 23.0 Å². The van der Waals surface area contributed by atoms with Crippen molar-refractivity contribution in [3.05, 3.63) is 78.1 Å². The average Bonchev–Trinajstić information content (AvgIpc) is 3.37. The Morgan fingerprint density at radius 1 is 1.11 bits per heavy atom. The lowest BCUT2D eigenvalue weighted by Crippen LogP contribution is -2.23. The topological polar surface area (TPSA) is 98.7 Å². The van der Waals surface area contributed by atoms with E-state index in [1.165, 1.54) is 12.1 Å². The molecular formula is C18H13FN6O2. The summed E-state index contributed by atoms with van der Waals surface area (Å²) in [6.45, 7) is 0.209. The Bertz CT molecular complexity index is 1060. The molecule has 9 heteroatoms. The van der Waals surface area contributed by atoms with Crippen LogP contribution in [0.2, 0.25) is 0 Å². The van der Waals surface area contributed by atoms with Crippen LogP contribution in [0.1, 0.15) is 16.2 Å². The standard InChI is InChI=1S/C18H13FN6O2/c19-13-8-6-12(7-9-13)10-20-17(26)18-21-16(23-27-18)15-11-25(24-22-15)14-4-2-1-3-5-14/h1-9,11H,10H2,(H,20,26). The summed E-state index contributed by atoms with van der Waals surface area (Å²) in [4.78, 5) is 16.2. The van der Waals surface area contributed by atoms with Crippen molar-refractivity contribution in [1.29, 1.82) is 0 Å². The zero-order valence-electron chi connectivity index (χ0n) is 13.9. The Kier molecular flexibility index (Phi) is 4.40. The van der Waals surface area contributed by atoms with Gasteiger partial charge < -0.3 is 9.84 Å². The first kappa shape index (κ1) is 16.6. The minimum absolute atomic E-state index is 0.157. The van der Waals surface area contributed by atoms with E-state index in [0.29, 0.717) is 5.69 Å². The van der Waals surface area contributed by atoms with Crippen LogP contribution in [-0.2, 0) is 6.54 Å². The minimum Gasteiger partial charge on any atom is -0.344 e. The highest BCUT2D eigenvalue weighted by Gasteiger charge is 2.18. The highest BCUT2D eigenvalue weighted by molar-refractivity contribution is 5.89. The largest absolute Gasteiger partial charge is 0.344 e. The van der Waals surface area contributed by atoms with Crippen molar-refractivity contribution in [2.24, 2.45) is 0 Å². The zero-order chi connectivity index (χ0) is 18.6. The number of hydrogen-bond acceptors (Lipinski definition) is 6. The van der Waals surface area contributed by atoms with Gasteiger partial charge in [-0.1, -0.05) is 40.7 Å². The molecule has 1 N–H and O–H groups in total. The van der Waals surface area contributed by atoms with Gasteiger partial charge in [0, 0.05) is 6.54 Å². The van der Waals surface area contributed by atoms with Crippen molar-refractivity contribution >= 4 is 5.91 Å². The van der Waals surface area contributed by atoms with Crippen molar-refractivity contribution < 1.29 is 13.7 Å². The molecule has 0 aliphatic carbocycles. The number of amides is 1. The third kappa shape index (κ3) is 3.71. The Morgan fingerprint density at radius 2 is 1.89 bits per heavy atom. The predicted molar refractivity (Wildman–Crippen MR) is 92.2 cm³/mol. The van der Waals surface area contributed by atoms with E-state index in [0.717, 1.165) is 11.3 Å². The van der Waals surface area contributed by atoms with Gasteiger partial charge in [-0.15, -0.1) is 5.10 Å². The number of nitrogens with zero attached hydrogens (tertiary/aromatic N) is 5. The molecule has 0 aliphatic rings. The lowest BCUT2D eigenvalue weighted by molar-refractivity contribution is 0.0907. The molecule has 1 amide bonds. The van der Waals surface area contributed by atoms with E-state index in [-0.39, 0.29) is 24.1 Å². The molecule has 0 saturated heterocycles. The van der Waals surface area contributed by atoms with Crippen molar-refractivity contribution in [2.45, 2.75) is 6.54 Å². The van der Waals surface area contributed by atoms with E-state index in [2.05, 4.69) is 25.8 Å². The van der Waals surface area contributed by atoms with Gasteiger partial charge in [-0.3, -0.25) is 4.79 Å². The summed E-state index contributed by atoms with van der Waals surface area (Å²) in [6, 6.07) is 15.2. The molecule has 4 rings (SSSR count). The fraction of sp³-hybridized carbons (Fsp3) is 0.0556. The number of aromatic nitrogens is 5. The maximum absolute atomic E-state index is 12.9. The Balaban J connectivity index is 1.44. The molecule has 134 valence electrons. The van der Waals surface area contributed by atoms with Gasteiger partial charge in [0.25, 0.3) is 0 Å². The van der Waals surface area contributed by atoms with Crippen LogP contribution in [0, 0.1) is 5.82 Å². The fourth-order valence-electron chi connectivity index (χ4n) is 2.35. The molecule has 27 heavy (non-hydrogen) atoms. The monoisotopic (exact) mass is 364 g/mol. The number of carbonyl (C=O) groups excluding carboxylic acids is 1. The van der Waals surface area contributed by atoms with Gasteiger partial charge in [0.2, 0.25) is 5.82 Å². The molecule has 2 heterocycles. The highest BCUT2D eigenvalue weighted by atomic mass is 19.1. The molecule has 0 fully saturated rings. The van der Waals surface area contributed by atoms with Gasteiger partial charge in [-0.05, 0) is 29.8 Å². The molecule has 0 unspecified atom stereocenters. The summed E-state index contributed by atoms with van der Waals surface area (Å²) >= 11 is 0. The SMILES string of the molecule is O=C(NCc1ccc(F)cc1)c1nc(-c2cn(-c3ccccc3)nn2)no1. The first-order valence-electron chi connectivity index (χ1n) is 8.03. The van der Waals surface area contributed by atoms with Crippen molar-refractivity contribution in [3.8, 4) is 17.2 Å². The maximum atomic E-state index is 12.9. The van der Waals surface area contributed by atoms with Gasteiger partial charge in [0.1, 0.15) is 5.82 Å². The summed E-state index contributed by atoms with van der Waals surface area (Å²) in [7, 11) is 0. The van der Waals surface area contributed by atoms with Crippen molar-refractivity contribution in [3.63, 3.8) is 0 Å². The van der Waals surface area contributed by atoms with E-state index < -0.39 is 5.91 Å². The number of nitrogens with one attached hydrogen (secondary N) is 1. The summed E-state index contributed by atoms with van der Waals surface area (Å²) in [6.07, 6.45) is 1.64. The second-order valence-electron chi connectivity index (χ2n) is 5.62. The Morgan fingerprint density at radius 3 is 2.67 bits per heavy atom. The highest BCUT2D eigenvalue weighted by Crippen LogP contribution is 2.14. The Hall–Kier alpha value is -3.88. The van der Waals surface area contributed by atoms with Crippen LogP contribution < -0.4 is 5.32 Å². The first-order chi connectivity index (χ1) is 13.2. The lowest BCUT2D eigenvalue weighted by atomic mass is 10.2. The molecule has 0 spiro atoms. The Labute approximate surface area is 152 Å². The molecule has 0 atom stereocenters. The molecule has 2 aromatic heterocycles. The maximum Gasteiger partial charge on any atom is 0.316 e. The van der Waals surface area contributed by atoms with Crippen LogP contribution in [-0.4, -0.2) is 31.0 Å². The van der Waals surface area contributed by atoms with Gasteiger partial charge >= 0.3 is 11.8 Å². The molecular weight excluding hydrogens is 351 g/mol. The number of benzene rings is 2. The minimum atomic E-state index is -0.534. The number of para-hydroxylation sites is 1. The van der Waals surface area contributed by atoms with Gasteiger partial charge in [-0.25, -0.2) is 9.07 Å². The summed E-state index contributed by atoms with van der Waals surface area (Å²) < 4.78 is 19.5. The number of halogens is 1. The van der Waals surface area contributed by atoms with Crippen molar-refractivity contribution in [1.82, 2.24) is 30.5 Å². The lowest BCUT2D eigenvalue weighted by Gasteiger charge is -2.01. The first-order valence-corrected chi connectivity index (χ1v) is 8.03. The van der Waals surface area contributed by atoms with Crippen LogP contribution in [0.4, 0.5) is 4.39 Å². The third-order valence-electron chi connectivity index (χ3n) is 3.73. The van der Waals surface area contributed by atoms with Crippen LogP contribution >= 0.6 is 0 Å². The number of rotatable bonds is 5. The van der Waals surface area contributed by atoms with Gasteiger partial charge in [-0.2, -0.15) is 4.98 Å². The fourth-order valence-corrected chi connectivity index (χ4v) is 2.35. The van der Waals surface area contributed by atoms with Gasteiger partial charge in [0.05, 0.1) is 11.9 Å². The molecule has 4 aromatic rings. The normalized spacial score (nSPS) is 10.7. The van der Waals surface area contributed by atoms with E-state index in [9.17, 15) is 9.18 Å². The van der Waals surface area contributed by atoms with E-state index in [1.807, 2.05) is 30.3 Å². The van der Waals surface area contributed by atoms with Crippen molar-refractivity contribution in [2.75, 3.05) is 0 Å². The molecule has 0 aliphatic heterocycles. The number of hydrogen-bond donors (Lipinski definition) is 1. The van der Waals surface area contributed by atoms with Crippen LogP contribution in [0.15, 0.2) is 65.3 Å². The van der Waals surface area contributed by atoms with E-state index in [4.69, 9.17) is 4.52 Å². The molecule has 8 nitrogen and oxygen atoms in total. The number of carbonyl (C=O) groups is 1. The molecule has 0 radical (unpaired) electrons. The van der Waals surface area contributed by atoms with Crippen LogP contribution in [0.25, 0.3) is 17.2 Å². The quantitative estimate of drug-likeness (QED) is 0.584. The second kappa shape index (κ2) is 7.16.